The first-order valence-corrected chi connectivity index (χ1v) is 7.58. The molecule has 2 rings (SSSR count). The predicted octanol–water partition coefficient (Wildman–Crippen LogP) is 4.54. The second-order valence-electron chi connectivity index (χ2n) is 4.07. The first-order valence-electron chi connectivity index (χ1n) is 5.91. The van der Waals surface area contributed by atoms with Crippen LogP contribution < -0.4 is 5.32 Å². The molecule has 0 aliphatic carbocycles. The van der Waals surface area contributed by atoms with Crippen molar-refractivity contribution in [2.24, 2.45) is 0 Å². The van der Waals surface area contributed by atoms with Crippen molar-refractivity contribution in [1.82, 2.24) is 5.32 Å². The maximum absolute atomic E-state index is 13.8. The van der Waals surface area contributed by atoms with Crippen molar-refractivity contribution in [3.63, 3.8) is 0 Å². The molecule has 1 aromatic heterocycles. The lowest BCUT2D eigenvalue weighted by Gasteiger charge is -2.18. The van der Waals surface area contributed by atoms with Gasteiger partial charge in [0, 0.05) is 32.8 Å². The third-order valence-electron chi connectivity index (χ3n) is 2.76. The molecule has 4 heteroatoms. The fourth-order valence-corrected chi connectivity index (χ4v) is 3.46. The Labute approximate surface area is 119 Å². The van der Waals surface area contributed by atoms with E-state index >= 15 is 0 Å². The lowest BCUT2D eigenvalue weighted by Crippen LogP contribution is -2.23. The summed E-state index contributed by atoms with van der Waals surface area (Å²) < 4.78 is 14.9. The molecule has 0 saturated carbocycles. The highest BCUT2D eigenvalue weighted by Gasteiger charge is 2.15. The second kappa shape index (κ2) is 6.45. The number of hydrogen-bond donors (Lipinski definition) is 1. The summed E-state index contributed by atoms with van der Waals surface area (Å²) in [5, 5.41) is 5.40. The van der Waals surface area contributed by atoms with Crippen LogP contribution in [0.2, 0.25) is 0 Å². The summed E-state index contributed by atoms with van der Waals surface area (Å²) in [5.41, 5.74) is 0.740. The van der Waals surface area contributed by atoms with Crippen LogP contribution in [-0.4, -0.2) is 6.54 Å². The molecule has 1 unspecified atom stereocenters. The summed E-state index contributed by atoms with van der Waals surface area (Å²) in [6.45, 7) is 2.86. The van der Waals surface area contributed by atoms with Crippen LogP contribution in [0.25, 0.3) is 0 Å². The van der Waals surface area contributed by atoms with Gasteiger partial charge in [0.15, 0.2) is 0 Å². The van der Waals surface area contributed by atoms with Crippen LogP contribution in [0.15, 0.2) is 40.2 Å². The van der Waals surface area contributed by atoms with Crippen LogP contribution in [0.1, 0.15) is 23.4 Å². The maximum atomic E-state index is 13.8. The molecule has 0 aliphatic heterocycles. The van der Waals surface area contributed by atoms with Gasteiger partial charge in [0.05, 0.1) is 0 Å². The number of halogens is 2. The summed E-state index contributed by atoms with van der Waals surface area (Å²) in [6.07, 6.45) is 0.811. The van der Waals surface area contributed by atoms with E-state index in [9.17, 15) is 4.39 Å². The predicted molar refractivity (Wildman–Crippen MR) is 78.5 cm³/mol. The normalized spacial score (nSPS) is 12.6. The van der Waals surface area contributed by atoms with Crippen molar-refractivity contribution < 1.29 is 4.39 Å². The van der Waals surface area contributed by atoms with E-state index in [4.69, 9.17) is 0 Å². The van der Waals surface area contributed by atoms with Crippen molar-refractivity contribution in [2.45, 2.75) is 19.4 Å². The van der Waals surface area contributed by atoms with Crippen LogP contribution in [0.4, 0.5) is 4.39 Å². The van der Waals surface area contributed by atoms with Crippen LogP contribution in [0.5, 0.6) is 0 Å². The molecular formula is C14H15BrFNS. The van der Waals surface area contributed by atoms with E-state index in [1.54, 1.807) is 17.4 Å². The third-order valence-corrected chi connectivity index (χ3v) is 4.48. The molecule has 0 bridgehead atoms. The largest absolute Gasteiger partial charge is 0.310 e. The van der Waals surface area contributed by atoms with Crippen LogP contribution in [0.3, 0.4) is 0 Å². The average molecular weight is 328 g/mol. The standard InChI is InChI=1S/C14H15BrFNS/c1-2-17-14(8-11-7-10(15)9-18-11)12-5-3-4-6-13(12)16/h3-7,9,14,17H,2,8H2,1H3. The Hall–Kier alpha value is -0.710. The van der Waals surface area contributed by atoms with Gasteiger partial charge in [-0.15, -0.1) is 11.3 Å². The van der Waals surface area contributed by atoms with Gasteiger partial charge in [-0.2, -0.15) is 0 Å². The molecule has 0 saturated heterocycles. The fourth-order valence-electron chi connectivity index (χ4n) is 1.96. The molecule has 0 amide bonds. The van der Waals surface area contributed by atoms with E-state index in [0.717, 1.165) is 23.0 Å². The molecule has 0 spiro atoms. The monoisotopic (exact) mass is 327 g/mol. The summed E-state index contributed by atoms with van der Waals surface area (Å²) in [5.74, 6) is -0.140. The first kappa shape index (κ1) is 13.7. The Kier molecular flexibility index (Phi) is 4.92. The van der Waals surface area contributed by atoms with Gasteiger partial charge in [-0.3, -0.25) is 0 Å². The molecule has 1 atom stereocenters. The number of thiophene rings is 1. The highest BCUT2D eigenvalue weighted by atomic mass is 79.9. The van der Waals surface area contributed by atoms with Crippen molar-refractivity contribution in [1.29, 1.82) is 0 Å². The molecule has 0 radical (unpaired) electrons. The molecule has 18 heavy (non-hydrogen) atoms. The minimum absolute atomic E-state index is 0.0294. The van der Waals surface area contributed by atoms with Gasteiger partial charge >= 0.3 is 0 Å². The molecule has 0 aliphatic rings. The molecule has 2 aromatic rings. The minimum atomic E-state index is -0.140. The Morgan fingerprint density at radius 2 is 2.17 bits per heavy atom. The Morgan fingerprint density at radius 1 is 1.39 bits per heavy atom. The average Bonchev–Trinajstić information content (AvgIpc) is 2.75. The molecule has 1 aromatic carbocycles. The smallest absolute Gasteiger partial charge is 0.127 e. The highest BCUT2D eigenvalue weighted by Crippen LogP contribution is 2.26. The fraction of sp³-hybridized carbons (Fsp3) is 0.286. The number of hydrogen-bond acceptors (Lipinski definition) is 2. The third kappa shape index (κ3) is 3.40. The number of rotatable bonds is 5. The molecule has 0 fully saturated rings. The van der Waals surface area contributed by atoms with E-state index in [0.29, 0.717) is 0 Å². The SMILES string of the molecule is CCNC(Cc1cc(Br)cs1)c1ccccc1F. The molecule has 1 nitrogen and oxygen atoms in total. The lowest BCUT2D eigenvalue weighted by atomic mass is 10.0. The first-order chi connectivity index (χ1) is 8.70. The van der Waals surface area contributed by atoms with Gasteiger partial charge < -0.3 is 5.32 Å². The summed E-state index contributed by atoms with van der Waals surface area (Å²) in [7, 11) is 0. The number of likely N-dealkylation sites (N-methyl/N-ethyl adjacent to an activating group) is 1. The van der Waals surface area contributed by atoms with Crippen LogP contribution in [0, 0.1) is 5.82 Å². The lowest BCUT2D eigenvalue weighted by molar-refractivity contribution is 0.512. The Balaban J connectivity index is 2.20. The quantitative estimate of drug-likeness (QED) is 0.849. The second-order valence-corrected chi connectivity index (χ2v) is 5.98. The van der Waals surface area contributed by atoms with E-state index in [1.807, 2.05) is 19.1 Å². The van der Waals surface area contributed by atoms with Crippen LogP contribution >= 0.6 is 27.3 Å². The summed E-state index contributed by atoms with van der Waals surface area (Å²) in [6, 6.07) is 9.10. The van der Waals surface area contributed by atoms with Crippen molar-refractivity contribution in [2.75, 3.05) is 6.54 Å². The Morgan fingerprint density at radius 3 is 2.78 bits per heavy atom. The number of benzene rings is 1. The van der Waals surface area contributed by atoms with Crippen LogP contribution in [-0.2, 0) is 6.42 Å². The summed E-state index contributed by atoms with van der Waals surface area (Å²) in [4.78, 5) is 1.25. The zero-order chi connectivity index (χ0) is 13.0. The van der Waals surface area contributed by atoms with E-state index in [-0.39, 0.29) is 11.9 Å². The zero-order valence-electron chi connectivity index (χ0n) is 10.1. The molecule has 96 valence electrons. The van der Waals surface area contributed by atoms with Gasteiger partial charge in [0.25, 0.3) is 0 Å². The maximum Gasteiger partial charge on any atom is 0.127 e. The van der Waals surface area contributed by atoms with E-state index < -0.39 is 0 Å². The zero-order valence-corrected chi connectivity index (χ0v) is 12.5. The van der Waals surface area contributed by atoms with E-state index in [1.165, 1.54) is 10.9 Å². The van der Waals surface area contributed by atoms with Gasteiger partial charge in [0.2, 0.25) is 0 Å². The van der Waals surface area contributed by atoms with E-state index in [2.05, 4.69) is 32.7 Å². The van der Waals surface area contributed by atoms with Gasteiger partial charge in [-0.05, 0) is 34.6 Å². The van der Waals surface area contributed by atoms with Gasteiger partial charge in [-0.25, -0.2) is 4.39 Å². The van der Waals surface area contributed by atoms with Crippen molar-refractivity contribution >= 4 is 27.3 Å². The summed E-state index contributed by atoms with van der Waals surface area (Å²) >= 11 is 5.14. The van der Waals surface area contributed by atoms with Gasteiger partial charge in [-0.1, -0.05) is 25.1 Å². The molecule has 1 N–H and O–H groups in total. The molecule has 1 heterocycles. The van der Waals surface area contributed by atoms with Crippen molar-refractivity contribution in [3.8, 4) is 0 Å². The molecular weight excluding hydrogens is 313 g/mol. The Bertz CT molecular complexity index is 512. The van der Waals surface area contributed by atoms with Crippen molar-refractivity contribution in [3.05, 3.63) is 56.4 Å². The number of nitrogens with one attached hydrogen (secondary N) is 1. The van der Waals surface area contributed by atoms with Gasteiger partial charge in [0.1, 0.15) is 5.82 Å². The topological polar surface area (TPSA) is 12.0 Å². The highest BCUT2D eigenvalue weighted by molar-refractivity contribution is 9.10. The minimum Gasteiger partial charge on any atom is -0.310 e.